The highest BCUT2D eigenvalue weighted by molar-refractivity contribution is 6.36. The molecule has 0 bridgehead atoms. The number of halogens is 2. The molecule has 0 saturated heterocycles. The molecular weight excluding hydrogens is 349 g/mol. The van der Waals surface area contributed by atoms with Crippen molar-refractivity contribution in [1.82, 2.24) is 35.4 Å². The molecule has 1 aromatic carbocycles. The molecule has 9 heteroatoms. The third-order valence-electron chi connectivity index (χ3n) is 3.71. The van der Waals surface area contributed by atoms with E-state index in [9.17, 15) is 0 Å². The summed E-state index contributed by atoms with van der Waals surface area (Å²) >= 11 is 12.5. The van der Waals surface area contributed by atoms with Crippen LogP contribution in [0.5, 0.6) is 0 Å². The predicted molar refractivity (Wildman–Crippen MR) is 90.0 cm³/mol. The number of fused-ring (bicyclic) bond motifs is 1. The summed E-state index contributed by atoms with van der Waals surface area (Å²) in [5.41, 5.74) is 3.99. The lowest BCUT2D eigenvalue weighted by Gasteiger charge is -2.08. The van der Waals surface area contributed by atoms with Crippen LogP contribution in [0.3, 0.4) is 0 Å². The normalized spacial score (nSPS) is 11.3. The van der Waals surface area contributed by atoms with Crippen molar-refractivity contribution >= 4 is 34.2 Å². The summed E-state index contributed by atoms with van der Waals surface area (Å²) in [6.45, 7) is 2.34. The van der Waals surface area contributed by atoms with Crippen LogP contribution in [0.4, 0.5) is 0 Å². The molecule has 0 aliphatic heterocycles. The molecule has 0 fully saturated rings. The Labute approximate surface area is 146 Å². The van der Waals surface area contributed by atoms with Crippen molar-refractivity contribution in [2.45, 2.75) is 13.5 Å². The van der Waals surface area contributed by atoms with Crippen LogP contribution >= 0.6 is 23.2 Å². The molecule has 4 rings (SSSR count). The molecule has 0 saturated carbocycles. The molecule has 120 valence electrons. The molecular formula is C15H10Cl2N7-. The highest BCUT2D eigenvalue weighted by atomic mass is 35.5. The van der Waals surface area contributed by atoms with Crippen LogP contribution in [0, 0.1) is 6.92 Å². The first-order valence-electron chi connectivity index (χ1n) is 7.08. The van der Waals surface area contributed by atoms with E-state index in [1.165, 1.54) is 0 Å². The van der Waals surface area contributed by atoms with Crippen LogP contribution in [0.1, 0.15) is 11.3 Å². The zero-order chi connectivity index (χ0) is 16.7. The molecule has 3 aromatic heterocycles. The minimum absolute atomic E-state index is 0.422. The molecule has 0 atom stereocenters. The lowest BCUT2D eigenvalue weighted by atomic mass is 10.2. The smallest absolute Gasteiger partial charge is 0.111 e. The Hall–Kier alpha value is -2.51. The fourth-order valence-corrected chi connectivity index (χ4v) is 3.06. The average Bonchev–Trinajstić information content (AvgIpc) is 3.20. The zero-order valence-electron chi connectivity index (χ0n) is 12.5. The molecule has 0 unspecified atom stereocenters. The van der Waals surface area contributed by atoms with Gasteiger partial charge in [-0.05, 0) is 25.1 Å². The summed E-state index contributed by atoms with van der Waals surface area (Å²) in [7, 11) is 0. The van der Waals surface area contributed by atoms with Gasteiger partial charge in [-0.1, -0.05) is 29.3 Å². The Kier molecular flexibility index (Phi) is 3.66. The maximum atomic E-state index is 6.27. The number of hydrogen-bond donors (Lipinski definition) is 0. The first-order valence-corrected chi connectivity index (χ1v) is 7.84. The van der Waals surface area contributed by atoms with Gasteiger partial charge in [0.25, 0.3) is 0 Å². The number of tetrazole rings is 1. The van der Waals surface area contributed by atoms with Crippen LogP contribution in [0.2, 0.25) is 10.0 Å². The molecule has 0 amide bonds. The summed E-state index contributed by atoms with van der Waals surface area (Å²) in [5, 5.41) is 20.5. The summed E-state index contributed by atoms with van der Waals surface area (Å²) in [6.07, 6.45) is 1.68. The van der Waals surface area contributed by atoms with Crippen molar-refractivity contribution in [3.63, 3.8) is 0 Å². The Morgan fingerprint density at radius 2 is 2.00 bits per heavy atom. The molecule has 0 aliphatic rings. The van der Waals surface area contributed by atoms with E-state index in [0.717, 1.165) is 27.9 Å². The Bertz CT molecular complexity index is 1000. The lowest BCUT2D eigenvalue weighted by Crippen LogP contribution is -2.03. The van der Waals surface area contributed by atoms with E-state index in [4.69, 9.17) is 23.2 Å². The molecule has 24 heavy (non-hydrogen) atoms. The van der Waals surface area contributed by atoms with Crippen molar-refractivity contribution in [3.05, 3.63) is 51.8 Å². The largest absolute Gasteiger partial charge is 0.330 e. The Balaban J connectivity index is 1.85. The van der Waals surface area contributed by atoms with Gasteiger partial charge in [0.2, 0.25) is 0 Å². The summed E-state index contributed by atoms with van der Waals surface area (Å²) in [5.74, 6) is 0.422. The fourth-order valence-electron chi connectivity index (χ4n) is 2.55. The van der Waals surface area contributed by atoms with Crippen molar-refractivity contribution in [1.29, 1.82) is 0 Å². The van der Waals surface area contributed by atoms with Gasteiger partial charge < -0.3 is 5.10 Å². The van der Waals surface area contributed by atoms with Gasteiger partial charge in [-0.25, -0.2) is 0 Å². The highest BCUT2D eigenvalue weighted by Crippen LogP contribution is 2.27. The van der Waals surface area contributed by atoms with Crippen LogP contribution in [-0.4, -0.2) is 30.3 Å². The number of aryl methyl sites for hydroxylation is 1. The lowest BCUT2D eigenvalue weighted by molar-refractivity contribution is 0.703. The summed E-state index contributed by atoms with van der Waals surface area (Å²) in [6, 6.07) is 7.33. The molecule has 0 N–H and O–H groups in total. The van der Waals surface area contributed by atoms with Gasteiger partial charge in [-0.15, -0.1) is 0 Å². The number of hydrogen-bond acceptors (Lipinski definition) is 5. The third kappa shape index (κ3) is 2.51. The third-order valence-corrected chi connectivity index (χ3v) is 4.41. The molecule has 7 nitrogen and oxygen atoms in total. The van der Waals surface area contributed by atoms with E-state index in [-0.39, 0.29) is 0 Å². The van der Waals surface area contributed by atoms with Crippen LogP contribution in [-0.2, 0) is 6.54 Å². The van der Waals surface area contributed by atoms with E-state index < -0.39 is 0 Å². The quantitative estimate of drug-likeness (QED) is 0.559. The number of nitrogens with zero attached hydrogens (tertiary/aromatic N) is 7. The van der Waals surface area contributed by atoms with E-state index in [1.54, 1.807) is 18.3 Å². The SMILES string of the molecule is Cc1nn(Cc2c(Cl)cccc2Cl)c2cc(-c3nnn[n-]3)cnc12. The number of benzene rings is 1. The van der Waals surface area contributed by atoms with Crippen LogP contribution in [0.25, 0.3) is 22.4 Å². The maximum Gasteiger partial charge on any atom is 0.111 e. The van der Waals surface area contributed by atoms with E-state index in [0.29, 0.717) is 22.4 Å². The second-order valence-electron chi connectivity index (χ2n) is 5.24. The molecule has 3 heterocycles. The first kappa shape index (κ1) is 15.0. The average molecular weight is 359 g/mol. The van der Waals surface area contributed by atoms with Crippen LogP contribution in [0.15, 0.2) is 30.5 Å². The van der Waals surface area contributed by atoms with Gasteiger partial charge in [-0.3, -0.25) is 20.0 Å². The van der Waals surface area contributed by atoms with Crippen molar-refractivity contribution < 1.29 is 0 Å². The van der Waals surface area contributed by atoms with E-state index in [2.05, 4.69) is 30.7 Å². The van der Waals surface area contributed by atoms with Gasteiger partial charge in [0, 0.05) is 33.2 Å². The summed E-state index contributed by atoms with van der Waals surface area (Å²) < 4.78 is 1.82. The number of pyridine rings is 1. The Morgan fingerprint density at radius 3 is 2.71 bits per heavy atom. The number of rotatable bonds is 3. The first-order chi connectivity index (χ1) is 11.6. The van der Waals surface area contributed by atoms with Gasteiger partial charge >= 0.3 is 0 Å². The zero-order valence-corrected chi connectivity index (χ0v) is 14.0. The van der Waals surface area contributed by atoms with Crippen molar-refractivity contribution in [2.24, 2.45) is 0 Å². The topological polar surface area (TPSA) is 83.5 Å². The number of aromatic nitrogens is 7. The van der Waals surface area contributed by atoms with Gasteiger partial charge in [-0.2, -0.15) is 10.3 Å². The standard InChI is InChI=1S/C15H10Cl2N7/c1-8-14-13(5-9(6-18-14)15-19-22-23-20-15)24(21-8)7-10-11(16)3-2-4-12(10)17/h2-6H,7H2,1H3/q-1. The van der Waals surface area contributed by atoms with Gasteiger partial charge in [0.15, 0.2) is 0 Å². The maximum absolute atomic E-state index is 6.27. The van der Waals surface area contributed by atoms with E-state index >= 15 is 0 Å². The molecule has 0 radical (unpaired) electrons. The highest BCUT2D eigenvalue weighted by Gasteiger charge is 2.13. The summed E-state index contributed by atoms with van der Waals surface area (Å²) in [4.78, 5) is 4.46. The predicted octanol–water partition coefficient (Wildman–Crippen LogP) is 2.90. The van der Waals surface area contributed by atoms with Gasteiger partial charge in [0.1, 0.15) is 5.52 Å². The van der Waals surface area contributed by atoms with Crippen LogP contribution < -0.4 is 5.10 Å². The van der Waals surface area contributed by atoms with E-state index in [1.807, 2.05) is 23.7 Å². The minimum atomic E-state index is 0.422. The fraction of sp³-hybridized carbons (Fsp3) is 0.133. The second-order valence-corrected chi connectivity index (χ2v) is 6.05. The Morgan fingerprint density at radius 1 is 1.21 bits per heavy atom. The molecule has 0 spiro atoms. The second kappa shape index (κ2) is 5.85. The molecule has 0 aliphatic carbocycles. The van der Waals surface area contributed by atoms with Crippen molar-refractivity contribution in [3.8, 4) is 11.4 Å². The monoisotopic (exact) mass is 358 g/mol. The molecule has 4 aromatic rings. The van der Waals surface area contributed by atoms with Gasteiger partial charge in [0.05, 0.1) is 17.8 Å². The minimum Gasteiger partial charge on any atom is -0.330 e. The van der Waals surface area contributed by atoms with Crippen molar-refractivity contribution in [2.75, 3.05) is 0 Å².